The minimum Gasteiger partial charge on any atom is -0.493 e. The second-order valence-electron chi connectivity index (χ2n) is 4.52. The highest BCUT2D eigenvalue weighted by Gasteiger charge is 2.05. The van der Waals surface area contributed by atoms with Crippen LogP contribution in [0.1, 0.15) is 19.4 Å². The van der Waals surface area contributed by atoms with Crippen LogP contribution >= 0.6 is 0 Å². The fourth-order valence-corrected chi connectivity index (χ4v) is 1.68. The molecule has 5 nitrogen and oxygen atoms in total. The predicted octanol–water partition coefficient (Wildman–Crippen LogP) is 1.32. The molecule has 0 radical (unpaired) electrons. The van der Waals surface area contributed by atoms with Crippen molar-refractivity contribution in [3.8, 4) is 11.5 Å². The van der Waals surface area contributed by atoms with E-state index in [1.165, 1.54) is 0 Å². The van der Waals surface area contributed by atoms with Crippen LogP contribution in [0.4, 0.5) is 0 Å². The lowest BCUT2D eigenvalue weighted by Gasteiger charge is -2.11. The van der Waals surface area contributed by atoms with E-state index >= 15 is 0 Å². The standard InChI is InChI=1S/C14H22N2O3/c1-10(2)16-14(17)9-15-8-11-5-6-12(18-3)13(7-11)19-4/h5-7,10,15H,8-9H2,1-4H3,(H,16,17). The number of rotatable bonds is 7. The zero-order valence-corrected chi connectivity index (χ0v) is 11.9. The first-order valence-corrected chi connectivity index (χ1v) is 6.27. The molecule has 0 bridgehead atoms. The summed E-state index contributed by atoms with van der Waals surface area (Å²) in [6.45, 7) is 4.77. The van der Waals surface area contributed by atoms with E-state index in [1.807, 2.05) is 32.0 Å². The summed E-state index contributed by atoms with van der Waals surface area (Å²) in [4.78, 5) is 11.4. The normalized spacial score (nSPS) is 10.4. The Balaban J connectivity index is 2.47. The SMILES string of the molecule is COc1ccc(CNCC(=O)NC(C)C)cc1OC. The molecule has 5 heteroatoms. The van der Waals surface area contributed by atoms with Crippen LogP contribution in [0.2, 0.25) is 0 Å². The lowest BCUT2D eigenvalue weighted by atomic mass is 10.2. The number of nitrogens with one attached hydrogen (secondary N) is 2. The summed E-state index contributed by atoms with van der Waals surface area (Å²) in [6, 6.07) is 5.85. The van der Waals surface area contributed by atoms with E-state index in [4.69, 9.17) is 9.47 Å². The van der Waals surface area contributed by atoms with E-state index < -0.39 is 0 Å². The Kier molecular flexibility index (Phi) is 6.15. The maximum absolute atomic E-state index is 11.4. The van der Waals surface area contributed by atoms with E-state index in [0.717, 1.165) is 5.56 Å². The molecule has 2 N–H and O–H groups in total. The van der Waals surface area contributed by atoms with Crippen LogP contribution in [0, 0.1) is 0 Å². The molecule has 1 rings (SSSR count). The van der Waals surface area contributed by atoms with E-state index in [-0.39, 0.29) is 11.9 Å². The number of amides is 1. The first kappa shape index (κ1) is 15.3. The lowest BCUT2D eigenvalue weighted by Crippen LogP contribution is -2.37. The Morgan fingerprint density at radius 2 is 1.89 bits per heavy atom. The van der Waals surface area contributed by atoms with Crippen molar-refractivity contribution in [2.24, 2.45) is 0 Å². The Morgan fingerprint density at radius 1 is 1.21 bits per heavy atom. The monoisotopic (exact) mass is 266 g/mol. The molecule has 1 aromatic rings. The summed E-state index contributed by atoms with van der Waals surface area (Å²) in [6.07, 6.45) is 0. The molecule has 106 valence electrons. The fourth-order valence-electron chi connectivity index (χ4n) is 1.68. The number of hydrogen-bond donors (Lipinski definition) is 2. The van der Waals surface area contributed by atoms with Gasteiger partial charge in [-0.1, -0.05) is 6.07 Å². The lowest BCUT2D eigenvalue weighted by molar-refractivity contribution is -0.120. The van der Waals surface area contributed by atoms with Gasteiger partial charge in [0.05, 0.1) is 20.8 Å². The summed E-state index contributed by atoms with van der Waals surface area (Å²) in [7, 11) is 3.21. The van der Waals surface area contributed by atoms with Crippen molar-refractivity contribution >= 4 is 5.91 Å². The Hall–Kier alpha value is -1.75. The molecular formula is C14H22N2O3. The Labute approximate surface area is 114 Å². The van der Waals surface area contributed by atoms with Crippen molar-refractivity contribution in [1.29, 1.82) is 0 Å². The van der Waals surface area contributed by atoms with Gasteiger partial charge in [0.2, 0.25) is 5.91 Å². The Morgan fingerprint density at radius 3 is 2.47 bits per heavy atom. The molecule has 0 heterocycles. The van der Waals surface area contributed by atoms with Crippen LogP contribution < -0.4 is 20.1 Å². The highest BCUT2D eigenvalue weighted by atomic mass is 16.5. The molecule has 0 aromatic heterocycles. The van der Waals surface area contributed by atoms with Gasteiger partial charge in [-0.2, -0.15) is 0 Å². The molecule has 0 aliphatic rings. The summed E-state index contributed by atoms with van der Waals surface area (Å²) in [5, 5.41) is 5.91. The summed E-state index contributed by atoms with van der Waals surface area (Å²) < 4.78 is 10.4. The Bertz CT molecular complexity index is 419. The minimum atomic E-state index is -0.00419. The molecular weight excluding hydrogens is 244 g/mol. The quantitative estimate of drug-likeness (QED) is 0.781. The second-order valence-corrected chi connectivity index (χ2v) is 4.52. The molecule has 0 fully saturated rings. The van der Waals surface area contributed by atoms with Gasteiger partial charge in [-0.05, 0) is 31.5 Å². The third kappa shape index (κ3) is 5.18. The van der Waals surface area contributed by atoms with Gasteiger partial charge < -0.3 is 20.1 Å². The minimum absolute atomic E-state index is 0.00419. The maximum Gasteiger partial charge on any atom is 0.234 e. The smallest absolute Gasteiger partial charge is 0.234 e. The van der Waals surface area contributed by atoms with Crippen LogP contribution in [0.5, 0.6) is 11.5 Å². The van der Waals surface area contributed by atoms with Gasteiger partial charge >= 0.3 is 0 Å². The second kappa shape index (κ2) is 7.63. The molecule has 0 saturated heterocycles. The fraction of sp³-hybridized carbons (Fsp3) is 0.500. The average molecular weight is 266 g/mol. The molecule has 0 aliphatic carbocycles. The molecule has 0 unspecified atom stereocenters. The predicted molar refractivity (Wildman–Crippen MR) is 74.5 cm³/mol. The summed E-state index contributed by atoms with van der Waals surface area (Å²) in [5.74, 6) is 1.38. The van der Waals surface area contributed by atoms with Crippen LogP contribution in [0.3, 0.4) is 0 Å². The zero-order chi connectivity index (χ0) is 14.3. The van der Waals surface area contributed by atoms with Crippen molar-refractivity contribution < 1.29 is 14.3 Å². The van der Waals surface area contributed by atoms with Crippen LogP contribution in [0.15, 0.2) is 18.2 Å². The van der Waals surface area contributed by atoms with Crippen LogP contribution in [-0.4, -0.2) is 32.7 Å². The topological polar surface area (TPSA) is 59.6 Å². The van der Waals surface area contributed by atoms with Gasteiger partial charge in [-0.3, -0.25) is 4.79 Å². The van der Waals surface area contributed by atoms with Crippen LogP contribution in [-0.2, 0) is 11.3 Å². The van der Waals surface area contributed by atoms with Gasteiger partial charge in [0.15, 0.2) is 11.5 Å². The molecule has 0 saturated carbocycles. The van der Waals surface area contributed by atoms with E-state index in [2.05, 4.69) is 10.6 Å². The van der Waals surface area contributed by atoms with Gasteiger partial charge in [-0.15, -0.1) is 0 Å². The number of methoxy groups -OCH3 is 2. The van der Waals surface area contributed by atoms with Gasteiger partial charge in [0.1, 0.15) is 0 Å². The van der Waals surface area contributed by atoms with E-state index in [1.54, 1.807) is 14.2 Å². The van der Waals surface area contributed by atoms with Crippen molar-refractivity contribution in [3.05, 3.63) is 23.8 Å². The van der Waals surface area contributed by atoms with E-state index in [9.17, 15) is 4.79 Å². The summed E-state index contributed by atoms with van der Waals surface area (Å²) >= 11 is 0. The number of benzene rings is 1. The van der Waals surface area contributed by atoms with Crippen molar-refractivity contribution in [3.63, 3.8) is 0 Å². The number of ether oxygens (including phenoxy) is 2. The number of carbonyl (C=O) groups excluding carboxylic acids is 1. The van der Waals surface area contributed by atoms with Gasteiger partial charge in [0, 0.05) is 12.6 Å². The largest absolute Gasteiger partial charge is 0.493 e. The molecule has 1 aromatic carbocycles. The maximum atomic E-state index is 11.4. The number of carbonyl (C=O) groups is 1. The van der Waals surface area contributed by atoms with Crippen molar-refractivity contribution in [2.45, 2.75) is 26.4 Å². The number of hydrogen-bond acceptors (Lipinski definition) is 4. The van der Waals surface area contributed by atoms with Gasteiger partial charge in [0.25, 0.3) is 0 Å². The highest BCUT2D eigenvalue weighted by molar-refractivity contribution is 5.78. The van der Waals surface area contributed by atoms with Crippen LogP contribution in [0.25, 0.3) is 0 Å². The highest BCUT2D eigenvalue weighted by Crippen LogP contribution is 2.27. The molecule has 1 amide bonds. The average Bonchev–Trinajstić information content (AvgIpc) is 2.37. The third-order valence-corrected chi connectivity index (χ3v) is 2.51. The van der Waals surface area contributed by atoms with Crippen molar-refractivity contribution in [2.75, 3.05) is 20.8 Å². The zero-order valence-electron chi connectivity index (χ0n) is 11.9. The van der Waals surface area contributed by atoms with Crippen molar-refractivity contribution in [1.82, 2.24) is 10.6 Å². The molecule has 19 heavy (non-hydrogen) atoms. The van der Waals surface area contributed by atoms with Gasteiger partial charge in [-0.25, -0.2) is 0 Å². The van der Waals surface area contributed by atoms with E-state index in [0.29, 0.717) is 24.6 Å². The first-order valence-electron chi connectivity index (χ1n) is 6.27. The third-order valence-electron chi connectivity index (χ3n) is 2.51. The first-order chi connectivity index (χ1) is 9.06. The molecule has 0 atom stereocenters. The molecule has 0 aliphatic heterocycles. The molecule has 0 spiro atoms. The summed E-state index contributed by atoms with van der Waals surface area (Å²) in [5.41, 5.74) is 1.04.